The number of benzene rings is 2. The molecule has 1 atom stereocenters. The molecule has 164 valence electrons. The number of aliphatic hydroxyl groups is 1. The van der Waals surface area contributed by atoms with E-state index < -0.39 is 29.3 Å². The zero-order chi connectivity index (χ0) is 22.8. The van der Waals surface area contributed by atoms with Crippen molar-refractivity contribution in [3.8, 4) is 5.75 Å². The van der Waals surface area contributed by atoms with Gasteiger partial charge in [0.2, 0.25) is 0 Å². The van der Waals surface area contributed by atoms with Crippen LogP contribution in [0.5, 0.6) is 5.75 Å². The summed E-state index contributed by atoms with van der Waals surface area (Å²) in [6, 6.07) is 12.4. The van der Waals surface area contributed by atoms with Gasteiger partial charge in [-0.1, -0.05) is 29.8 Å². The lowest BCUT2D eigenvalue weighted by Crippen LogP contribution is -2.29. The molecule has 1 fully saturated rings. The number of hydrogen-bond donors (Lipinski definition) is 1. The molecule has 1 saturated heterocycles. The van der Waals surface area contributed by atoms with Gasteiger partial charge in [0, 0.05) is 11.1 Å². The van der Waals surface area contributed by atoms with Crippen molar-refractivity contribution in [3.63, 3.8) is 0 Å². The first-order valence-electron chi connectivity index (χ1n) is 9.90. The molecule has 1 aromatic heterocycles. The standard InChI is InChI=1S/C24H19ClFNO5/c1-2-31-19-10-9-14(12-17(19)25)22(28)20-21(16-7-3-4-8-18(16)26)27(24(30)23(20)29)13-15-6-5-11-32-15/h3-12,21,28H,2,13H2,1H3/t21-/m0/s1. The highest BCUT2D eigenvalue weighted by atomic mass is 35.5. The second-order valence-electron chi connectivity index (χ2n) is 7.11. The topological polar surface area (TPSA) is 80.0 Å². The van der Waals surface area contributed by atoms with Gasteiger partial charge in [-0.25, -0.2) is 4.39 Å². The average molecular weight is 456 g/mol. The first kappa shape index (κ1) is 21.6. The van der Waals surface area contributed by atoms with E-state index in [0.717, 1.165) is 0 Å². The molecule has 8 heteroatoms. The number of ether oxygens (including phenoxy) is 1. The fraction of sp³-hybridized carbons (Fsp3) is 0.167. The van der Waals surface area contributed by atoms with E-state index in [1.165, 1.54) is 41.5 Å². The molecule has 1 amide bonds. The second kappa shape index (κ2) is 8.88. The summed E-state index contributed by atoms with van der Waals surface area (Å²) in [5, 5.41) is 11.3. The summed E-state index contributed by atoms with van der Waals surface area (Å²) in [6.07, 6.45) is 1.44. The maximum absolute atomic E-state index is 14.8. The number of amides is 1. The predicted molar refractivity (Wildman–Crippen MR) is 116 cm³/mol. The van der Waals surface area contributed by atoms with Gasteiger partial charge in [-0.3, -0.25) is 9.59 Å². The molecule has 0 aliphatic carbocycles. The highest BCUT2D eigenvalue weighted by molar-refractivity contribution is 6.46. The summed E-state index contributed by atoms with van der Waals surface area (Å²) in [7, 11) is 0. The molecule has 0 unspecified atom stereocenters. The average Bonchev–Trinajstić information content (AvgIpc) is 3.38. The summed E-state index contributed by atoms with van der Waals surface area (Å²) in [5.41, 5.74) is 0.0551. The molecule has 6 nitrogen and oxygen atoms in total. The second-order valence-corrected chi connectivity index (χ2v) is 7.51. The molecule has 2 aromatic carbocycles. The van der Waals surface area contributed by atoms with Crippen LogP contribution >= 0.6 is 11.6 Å². The highest BCUT2D eigenvalue weighted by Crippen LogP contribution is 2.41. The maximum Gasteiger partial charge on any atom is 0.296 e. The molecule has 3 aromatic rings. The number of furan rings is 1. The molecule has 1 N–H and O–H groups in total. The molecule has 0 radical (unpaired) electrons. The van der Waals surface area contributed by atoms with Crippen molar-refractivity contribution in [2.75, 3.05) is 6.61 Å². The van der Waals surface area contributed by atoms with Gasteiger partial charge in [0.05, 0.1) is 36.1 Å². The van der Waals surface area contributed by atoms with Crippen LogP contribution in [-0.4, -0.2) is 28.3 Å². The smallest absolute Gasteiger partial charge is 0.296 e. The van der Waals surface area contributed by atoms with Crippen molar-refractivity contribution in [1.29, 1.82) is 0 Å². The van der Waals surface area contributed by atoms with Gasteiger partial charge in [-0.2, -0.15) is 0 Å². The van der Waals surface area contributed by atoms with Gasteiger partial charge >= 0.3 is 0 Å². The Bertz CT molecular complexity index is 1200. The van der Waals surface area contributed by atoms with Crippen molar-refractivity contribution in [3.05, 3.63) is 94.2 Å². The van der Waals surface area contributed by atoms with Crippen molar-refractivity contribution >= 4 is 29.1 Å². The van der Waals surface area contributed by atoms with Crippen LogP contribution in [0.25, 0.3) is 5.76 Å². The normalized spacial score (nSPS) is 17.7. The number of Topliss-reactive ketones (excluding diaryl/α,β-unsaturated/α-hetero) is 1. The van der Waals surface area contributed by atoms with Crippen LogP contribution in [-0.2, 0) is 16.1 Å². The fourth-order valence-corrected chi connectivity index (χ4v) is 3.95. The van der Waals surface area contributed by atoms with Gasteiger partial charge in [-0.15, -0.1) is 0 Å². The predicted octanol–water partition coefficient (Wildman–Crippen LogP) is 5.09. The molecule has 2 heterocycles. The van der Waals surface area contributed by atoms with E-state index >= 15 is 0 Å². The number of carbonyl (C=O) groups excluding carboxylic acids is 2. The van der Waals surface area contributed by atoms with Crippen LogP contribution < -0.4 is 4.74 Å². The van der Waals surface area contributed by atoms with Crippen molar-refractivity contribution in [2.45, 2.75) is 19.5 Å². The Morgan fingerprint density at radius 1 is 1.19 bits per heavy atom. The Morgan fingerprint density at radius 2 is 1.97 bits per heavy atom. The van der Waals surface area contributed by atoms with E-state index in [0.29, 0.717) is 18.1 Å². The Balaban J connectivity index is 1.86. The third kappa shape index (κ3) is 3.87. The zero-order valence-corrected chi connectivity index (χ0v) is 17.8. The fourth-order valence-electron chi connectivity index (χ4n) is 3.71. The van der Waals surface area contributed by atoms with Crippen LogP contribution in [0.4, 0.5) is 4.39 Å². The first-order chi connectivity index (χ1) is 15.4. The molecule has 1 aliphatic rings. The summed E-state index contributed by atoms with van der Waals surface area (Å²) in [4.78, 5) is 27.1. The van der Waals surface area contributed by atoms with E-state index in [4.69, 9.17) is 20.8 Å². The number of hydrogen-bond acceptors (Lipinski definition) is 5. The Hall–Kier alpha value is -3.58. The molecular formula is C24H19ClFNO5. The van der Waals surface area contributed by atoms with Crippen LogP contribution in [0, 0.1) is 5.82 Å². The molecule has 0 spiro atoms. The van der Waals surface area contributed by atoms with E-state index in [1.54, 1.807) is 31.2 Å². The minimum atomic E-state index is -1.15. The van der Waals surface area contributed by atoms with Crippen molar-refractivity contribution in [2.24, 2.45) is 0 Å². The number of halogens is 2. The Morgan fingerprint density at radius 3 is 2.62 bits per heavy atom. The maximum atomic E-state index is 14.8. The minimum absolute atomic E-state index is 0.0720. The number of aliphatic hydroxyl groups excluding tert-OH is 1. The van der Waals surface area contributed by atoms with Gasteiger partial charge in [0.15, 0.2) is 0 Å². The van der Waals surface area contributed by atoms with E-state index in [9.17, 15) is 19.1 Å². The van der Waals surface area contributed by atoms with Crippen molar-refractivity contribution in [1.82, 2.24) is 4.90 Å². The number of nitrogens with zero attached hydrogens (tertiary/aromatic N) is 1. The quantitative estimate of drug-likeness (QED) is 0.318. The van der Waals surface area contributed by atoms with Gasteiger partial charge < -0.3 is 19.2 Å². The third-order valence-electron chi connectivity index (χ3n) is 5.15. The van der Waals surface area contributed by atoms with E-state index in [-0.39, 0.29) is 28.3 Å². The number of likely N-dealkylation sites (tertiary alicyclic amines) is 1. The third-order valence-corrected chi connectivity index (χ3v) is 5.45. The SMILES string of the molecule is CCOc1ccc(C(O)=C2C(=O)C(=O)N(Cc3ccco3)[C@H]2c2ccccc2F)cc1Cl. The zero-order valence-electron chi connectivity index (χ0n) is 17.0. The molecule has 32 heavy (non-hydrogen) atoms. The van der Waals surface area contributed by atoms with Crippen LogP contribution in [0.1, 0.15) is 29.9 Å². The molecule has 0 bridgehead atoms. The van der Waals surface area contributed by atoms with E-state index in [1.807, 2.05) is 0 Å². The summed E-state index contributed by atoms with van der Waals surface area (Å²) < 4.78 is 25.5. The van der Waals surface area contributed by atoms with Crippen LogP contribution in [0.15, 0.2) is 70.9 Å². The Labute approximate surface area is 188 Å². The van der Waals surface area contributed by atoms with Crippen LogP contribution in [0.2, 0.25) is 5.02 Å². The number of carbonyl (C=O) groups is 2. The van der Waals surface area contributed by atoms with Crippen molar-refractivity contribution < 1.29 is 28.2 Å². The lowest BCUT2D eigenvalue weighted by Gasteiger charge is -2.24. The molecule has 4 rings (SSSR count). The minimum Gasteiger partial charge on any atom is -0.507 e. The monoisotopic (exact) mass is 455 g/mol. The lowest BCUT2D eigenvalue weighted by atomic mass is 9.95. The lowest BCUT2D eigenvalue weighted by molar-refractivity contribution is -0.140. The Kier molecular flexibility index (Phi) is 6.01. The molecule has 0 saturated carbocycles. The number of rotatable bonds is 6. The largest absolute Gasteiger partial charge is 0.507 e. The summed E-state index contributed by atoms with van der Waals surface area (Å²) in [5.74, 6) is -2.03. The molecule has 1 aliphatic heterocycles. The molecular weight excluding hydrogens is 437 g/mol. The van der Waals surface area contributed by atoms with Gasteiger partial charge in [-0.05, 0) is 43.3 Å². The highest BCUT2D eigenvalue weighted by Gasteiger charge is 2.47. The summed E-state index contributed by atoms with van der Waals surface area (Å²) >= 11 is 6.23. The van der Waals surface area contributed by atoms with Crippen LogP contribution in [0.3, 0.4) is 0 Å². The first-order valence-corrected chi connectivity index (χ1v) is 10.3. The number of ketones is 1. The van der Waals surface area contributed by atoms with Gasteiger partial charge in [0.25, 0.3) is 11.7 Å². The summed E-state index contributed by atoms with van der Waals surface area (Å²) in [6.45, 7) is 2.13. The van der Waals surface area contributed by atoms with E-state index in [2.05, 4.69) is 0 Å². The van der Waals surface area contributed by atoms with Gasteiger partial charge in [0.1, 0.15) is 23.1 Å².